The number of aryl methyl sites for hydroxylation is 2. The summed E-state index contributed by atoms with van der Waals surface area (Å²) in [6.07, 6.45) is 2.90. The molecule has 8 heteroatoms. The summed E-state index contributed by atoms with van der Waals surface area (Å²) < 4.78 is 1.42. The number of nitrogens with one attached hydrogen (secondary N) is 1. The average Bonchev–Trinajstić information content (AvgIpc) is 2.96. The highest BCUT2D eigenvalue weighted by Crippen LogP contribution is 2.20. The summed E-state index contributed by atoms with van der Waals surface area (Å²) >= 11 is 0. The van der Waals surface area contributed by atoms with Crippen LogP contribution in [0.2, 0.25) is 0 Å². The van der Waals surface area contributed by atoms with Crippen molar-refractivity contribution < 1.29 is 0 Å². The van der Waals surface area contributed by atoms with Crippen LogP contribution in [0.5, 0.6) is 0 Å². The lowest BCUT2D eigenvalue weighted by Crippen LogP contribution is -2.09. The number of aromatic nitrogens is 6. The van der Waals surface area contributed by atoms with Gasteiger partial charge in [-0.1, -0.05) is 12.1 Å². The average molecular weight is 282 g/mol. The van der Waals surface area contributed by atoms with Crippen LogP contribution in [0, 0.1) is 13.8 Å². The van der Waals surface area contributed by atoms with Gasteiger partial charge in [0, 0.05) is 5.69 Å². The maximum Gasteiger partial charge on any atom is 0.258 e. The molecule has 0 atom stereocenters. The molecule has 1 aromatic carbocycles. The van der Waals surface area contributed by atoms with Crippen molar-refractivity contribution in [3.63, 3.8) is 0 Å². The molecule has 2 aromatic heterocycles. The Morgan fingerprint density at radius 2 is 2.00 bits per heavy atom. The van der Waals surface area contributed by atoms with E-state index in [4.69, 9.17) is 5.73 Å². The molecule has 0 amide bonds. The lowest BCUT2D eigenvalue weighted by molar-refractivity contribution is 0.800. The quantitative estimate of drug-likeness (QED) is 0.747. The number of hydrogen-bond acceptors (Lipinski definition) is 7. The van der Waals surface area contributed by atoms with Gasteiger partial charge in [-0.25, -0.2) is 4.98 Å². The standard InChI is InChI=1S/C13H14N8/c1-8-3-4-9(2)10(5-8)17-12-18-11(14)19-13(20-12)21-7-15-6-16-21/h3-7H,1-2H3,(H3,14,17,18,19,20). The highest BCUT2D eigenvalue weighted by atomic mass is 15.4. The molecule has 0 spiro atoms. The van der Waals surface area contributed by atoms with E-state index in [1.54, 1.807) is 0 Å². The third-order valence-electron chi connectivity index (χ3n) is 2.90. The van der Waals surface area contributed by atoms with Gasteiger partial charge >= 0.3 is 0 Å². The Morgan fingerprint density at radius 3 is 2.76 bits per heavy atom. The van der Waals surface area contributed by atoms with Crippen molar-refractivity contribution in [2.75, 3.05) is 11.1 Å². The Balaban J connectivity index is 1.97. The van der Waals surface area contributed by atoms with Gasteiger partial charge in [0.15, 0.2) is 0 Å². The molecule has 8 nitrogen and oxygen atoms in total. The molecule has 3 N–H and O–H groups in total. The molecule has 3 rings (SSSR count). The molecule has 0 unspecified atom stereocenters. The first-order valence-corrected chi connectivity index (χ1v) is 6.32. The molecule has 2 heterocycles. The van der Waals surface area contributed by atoms with Crippen molar-refractivity contribution in [3.05, 3.63) is 42.0 Å². The Hall–Kier alpha value is -3.03. The third-order valence-corrected chi connectivity index (χ3v) is 2.90. The van der Waals surface area contributed by atoms with Gasteiger partial charge in [-0.05, 0) is 31.0 Å². The highest BCUT2D eigenvalue weighted by molar-refractivity contribution is 5.60. The molecule has 0 aliphatic carbocycles. The molecule has 0 aliphatic rings. The normalized spacial score (nSPS) is 10.6. The molecular weight excluding hydrogens is 268 g/mol. The van der Waals surface area contributed by atoms with Crippen LogP contribution < -0.4 is 11.1 Å². The lowest BCUT2D eigenvalue weighted by atomic mass is 10.1. The predicted molar refractivity (Wildman–Crippen MR) is 78.4 cm³/mol. The molecule has 106 valence electrons. The van der Waals surface area contributed by atoms with Crippen molar-refractivity contribution >= 4 is 17.6 Å². The molecule has 21 heavy (non-hydrogen) atoms. The van der Waals surface area contributed by atoms with Crippen LogP contribution in [0.1, 0.15) is 11.1 Å². The van der Waals surface area contributed by atoms with Crippen molar-refractivity contribution in [2.24, 2.45) is 0 Å². The minimum absolute atomic E-state index is 0.114. The van der Waals surface area contributed by atoms with Gasteiger partial charge in [-0.2, -0.15) is 24.7 Å². The number of hydrogen-bond donors (Lipinski definition) is 2. The van der Waals surface area contributed by atoms with Gasteiger partial charge in [-0.15, -0.1) is 0 Å². The number of nitrogens with zero attached hydrogens (tertiary/aromatic N) is 6. The fourth-order valence-electron chi connectivity index (χ4n) is 1.84. The van der Waals surface area contributed by atoms with Gasteiger partial charge < -0.3 is 11.1 Å². The van der Waals surface area contributed by atoms with E-state index >= 15 is 0 Å². The molecular formula is C13H14N8. The lowest BCUT2D eigenvalue weighted by Gasteiger charge is -2.10. The molecule has 0 fully saturated rings. The fourth-order valence-corrected chi connectivity index (χ4v) is 1.84. The molecule has 3 aromatic rings. The number of nitrogen functional groups attached to an aromatic ring is 1. The summed E-state index contributed by atoms with van der Waals surface area (Å²) in [6.45, 7) is 4.03. The summed E-state index contributed by atoms with van der Waals surface area (Å²) in [5.74, 6) is 0.790. The zero-order valence-corrected chi connectivity index (χ0v) is 11.6. The SMILES string of the molecule is Cc1ccc(C)c(Nc2nc(N)nc(-n3cncn3)n2)c1. The van der Waals surface area contributed by atoms with Crippen molar-refractivity contribution in [3.8, 4) is 5.95 Å². The van der Waals surface area contributed by atoms with E-state index in [-0.39, 0.29) is 5.95 Å². The van der Waals surface area contributed by atoms with Crippen molar-refractivity contribution in [1.29, 1.82) is 0 Å². The van der Waals surface area contributed by atoms with Crippen LogP contribution >= 0.6 is 0 Å². The van der Waals surface area contributed by atoms with Crippen LogP contribution in [0.25, 0.3) is 5.95 Å². The minimum Gasteiger partial charge on any atom is -0.368 e. The first-order chi connectivity index (χ1) is 10.1. The molecule has 0 aliphatic heterocycles. The largest absolute Gasteiger partial charge is 0.368 e. The number of benzene rings is 1. The van der Waals surface area contributed by atoms with E-state index in [0.29, 0.717) is 11.9 Å². The monoisotopic (exact) mass is 282 g/mol. The highest BCUT2D eigenvalue weighted by Gasteiger charge is 2.08. The maximum absolute atomic E-state index is 5.72. The van der Waals surface area contributed by atoms with Crippen LogP contribution in [0.3, 0.4) is 0 Å². The van der Waals surface area contributed by atoms with Gasteiger partial charge in [0.05, 0.1) is 0 Å². The van der Waals surface area contributed by atoms with Gasteiger partial charge in [0.25, 0.3) is 5.95 Å². The van der Waals surface area contributed by atoms with Crippen molar-refractivity contribution in [2.45, 2.75) is 13.8 Å². The molecule has 0 saturated heterocycles. The predicted octanol–water partition coefficient (Wildman–Crippen LogP) is 1.39. The first kappa shape index (κ1) is 13.0. The van der Waals surface area contributed by atoms with E-state index in [1.165, 1.54) is 17.3 Å². The first-order valence-electron chi connectivity index (χ1n) is 6.32. The minimum atomic E-state index is 0.114. The number of nitrogens with two attached hydrogens (primary N) is 1. The van der Waals surface area contributed by atoms with Gasteiger partial charge in [0.2, 0.25) is 11.9 Å². The Bertz CT molecular complexity index is 766. The second kappa shape index (κ2) is 5.16. The summed E-state index contributed by atoms with van der Waals surface area (Å²) in [4.78, 5) is 16.3. The van der Waals surface area contributed by atoms with E-state index in [2.05, 4.69) is 30.4 Å². The molecule has 0 bridgehead atoms. The number of anilines is 3. The van der Waals surface area contributed by atoms with Crippen LogP contribution in [-0.4, -0.2) is 29.7 Å². The summed E-state index contributed by atoms with van der Waals surface area (Å²) in [5.41, 5.74) is 8.87. The van der Waals surface area contributed by atoms with E-state index < -0.39 is 0 Å². The fraction of sp³-hybridized carbons (Fsp3) is 0.154. The van der Waals surface area contributed by atoms with Crippen molar-refractivity contribution in [1.82, 2.24) is 29.7 Å². The zero-order valence-electron chi connectivity index (χ0n) is 11.6. The molecule has 0 radical (unpaired) electrons. The summed E-state index contributed by atoms with van der Waals surface area (Å²) in [7, 11) is 0. The summed E-state index contributed by atoms with van der Waals surface area (Å²) in [5, 5.41) is 7.13. The Morgan fingerprint density at radius 1 is 1.14 bits per heavy atom. The van der Waals surface area contributed by atoms with Gasteiger partial charge in [0.1, 0.15) is 12.7 Å². The zero-order chi connectivity index (χ0) is 14.8. The Kier molecular flexibility index (Phi) is 3.19. The molecule has 0 saturated carbocycles. The van der Waals surface area contributed by atoms with E-state index in [0.717, 1.165) is 16.8 Å². The van der Waals surface area contributed by atoms with Crippen LogP contribution in [-0.2, 0) is 0 Å². The topological polar surface area (TPSA) is 107 Å². The van der Waals surface area contributed by atoms with E-state index in [1.807, 2.05) is 32.0 Å². The second-order valence-corrected chi connectivity index (χ2v) is 4.60. The maximum atomic E-state index is 5.72. The van der Waals surface area contributed by atoms with Crippen LogP contribution in [0.15, 0.2) is 30.9 Å². The smallest absolute Gasteiger partial charge is 0.258 e. The third kappa shape index (κ3) is 2.78. The summed E-state index contributed by atoms with van der Waals surface area (Å²) in [6, 6.07) is 6.09. The second-order valence-electron chi connectivity index (χ2n) is 4.60. The number of rotatable bonds is 3. The van der Waals surface area contributed by atoms with Crippen LogP contribution in [0.4, 0.5) is 17.6 Å². The van der Waals surface area contributed by atoms with E-state index in [9.17, 15) is 0 Å². The van der Waals surface area contributed by atoms with Gasteiger partial charge in [-0.3, -0.25) is 0 Å². The Labute approximate surface area is 121 Å².